The minimum Gasteiger partial charge on any atom is -0.310 e. The summed E-state index contributed by atoms with van der Waals surface area (Å²) in [6, 6.07) is 33.3. The third-order valence-corrected chi connectivity index (χ3v) is 7.41. The zero-order chi connectivity index (χ0) is 19.6. The fourth-order valence-corrected chi connectivity index (χ4v) is 5.89. The van der Waals surface area contributed by atoms with Crippen LogP contribution < -0.4 is 4.90 Å². The number of fused-ring (bicyclic) bond motifs is 5. The van der Waals surface area contributed by atoms with E-state index in [9.17, 15) is 0 Å². The highest BCUT2D eigenvalue weighted by atomic mass is 32.1. The second kappa shape index (κ2) is 5.95. The summed E-state index contributed by atoms with van der Waals surface area (Å²) in [6.45, 7) is 4.66. The summed E-state index contributed by atoms with van der Waals surface area (Å²) < 4.78 is 2.69. The fraction of sp³-hybridized carbons (Fsp3) is 0.111. The second-order valence-electron chi connectivity index (χ2n) is 8.27. The molecule has 1 aromatic heterocycles. The summed E-state index contributed by atoms with van der Waals surface area (Å²) in [7, 11) is 0. The maximum Gasteiger partial charge on any atom is 0.0502 e. The highest BCUT2D eigenvalue weighted by Crippen LogP contribution is 2.52. The van der Waals surface area contributed by atoms with Gasteiger partial charge in [0.2, 0.25) is 0 Å². The summed E-state index contributed by atoms with van der Waals surface area (Å²) in [5, 5.41) is 2.68. The van der Waals surface area contributed by atoms with E-state index in [2.05, 4.69) is 110 Å². The summed E-state index contributed by atoms with van der Waals surface area (Å²) in [6.07, 6.45) is 0. The molecule has 0 N–H and O–H groups in total. The molecule has 1 aliphatic rings. The average molecular weight is 392 g/mol. The summed E-state index contributed by atoms with van der Waals surface area (Å²) in [4.78, 5) is 2.43. The zero-order valence-electron chi connectivity index (χ0n) is 16.5. The van der Waals surface area contributed by atoms with E-state index in [-0.39, 0.29) is 5.41 Å². The molecule has 0 aliphatic carbocycles. The van der Waals surface area contributed by atoms with E-state index in [1.54, 1.807) is 0 Å². The van der Waals surface area contributed by atoms with Crippen molar-refractivity contribution in [2.45, 2.75) is 19.3 Å². The van der Waals surface area contributed by atoms with Crippen molar-refractivity contribution in [1.82, 2.24) is 0 Å². The molecule has 0 amide bonds. The summed E-state index contributed by atoms with van der Waals surface area (Å²) >= 11 is 1.87. The van der Waals surface area contributed by atoms with Crippen molar-refractivity contribution in [3.8, 4) is 0 Å². The van der Waals surface area contributed by atoms with Gasteiger partial charge in [0.25, 0.3) is 0 Å². The Morgan fingerprint density at radius 2 is 1.21 bits per heavy atom. The van der Waals surface area contributed by atoms with Gasteiger partial charge in [-0.25, -0.2) is 0 Å². The van der Waals surface area contributed by atoms with Crippen molar-refractivity contribution >= 4 is 48.6 Å². The van der Waals surface area contributed by atoms with Gasteiger partial charge in [0.15, 0.2) is 0 Å². The van der Waals surface area contributed by atoms with Gasteiger partial charge in [-0.05, 0) is 47.5 Å². The van der Waals surface area contributed by atoms with Crippen molar-refractivity contribution in [3.05, 3.63) is 102 Å². The van der Waals surface area contributed by atoms with Crippen LogP contribution in [0.5, 0.6) is 0 Å². The summed E-state index contributed by atoms with van der Waals surface area (Å²) in [5.74, 6) is 0. The number of benzene rings is 4. The Labute approximate surface area is 174 Å². The molecule has 0 saturated heterocycles. The van der Waals surface area contributed by atoms with Crippen molar-refractivity contribution < 1.29 is 0 Å². The van der Waals surface area contributed by atoms with E-state index < -0.39 is 0 Å². The monoisotopic (exact) mass is 391 g/mol. The quantitative estimate of drug-likeness (QED) is 0.278. The lowest BCUT2D eigenvalue weighted by atomic mass is 9.73. The molecule has 2 heterocycles. The Balaban J connectivity index is 1.66. The summed E-state index contributed by atoms with van der Waals surface area (Å²) in [5.41, 5.74) is 6.48. The van der Waals surface area contributed by atoms with E-state index in [0.29, 0.717) is 0 Å². The normalized spacial score (nSPS) is 14.8. The van der Waals surface area contributed by atoms with E-state index in [1.807, 2.05) is 11.3 Å². The molecule has 0 spiro atoms. The highest BCUT2D eigenvalue weighted by Gasteiger charge is 2.36. The number of hydrogen-bond donors (Lipinski definition) is 0. The van der Waals surface area contributed by atoms with Gasteiger partial charge in [-0.15, -0.1) is 11.3 Å². The topological polar surface area (TPSA) is 3.24 Å². The van der Waals surface area contributed by atoms with Crippen LogP contribution >= 0.6 is 11.3 Å². The third kappa shape index (κ3) is 2.33. The predicted octanol–water partition coefficient (Wildman–Crippen LogP) is 8.16. The molecular formula is C27H21NS. The number of para-hydroxylation sites is 2. The number of hydrogen-bond acceptors (Lipinski definition) is 2. The van der Waals surface area contributed by atoms with Gasteiger partial charge in [-0.2, -0.15) is 0 Å². The molecule has 0 fully saturated rings. The van der Waals surface area contributed by atoms with Gasteiger partial charge in [-0.3, -0.25) is 0 Å². The first-order valence-electron chi connectivity index (χ1n) is 10.0. The maximum absolute atomic E-state index is 2.43. The highest BCUT2D eigenvalue weighted by molar-refractivity contribution is 7.25. The standard InChI is InChI=1S/C27H21NS/c1-27(2)21-10-4-6-12-23(21)28(24-13-7-5-11-22(24)27)18-15-16-26-20(17-18)19-9-3-8-14-25(19)29-26/h3-17H,1-2H3. The first-order chi connectivity index (χ1) is 14.1. The SMILES string of the molecule is CC1(C)c2ccccc2N(c2ccc3sc4ccccc4c3c2)c2ccccc21. The Morgan fingerprint density at radius 3 is 1.93 bits per heavy atom. The third-order valence-electron chi connectivity index (χ3n) is 6.26. The molecule has 0 unspecified atom stereocenters. The molecule has 0 atom stereocenters. The molecule has 140 valence electrons. The van der Waals surface area contributed by atoms with Crippen molar-refractivity contribution in [2.24, 2.45) is 0 Å². The number of thiophene rings is 1. The predicted molar refractivity (Wildman–Crippen MR) is 126 cm³/mol. The lowest BCUT2D eigenvalue weighted by molar-refractivity contribution is 0.632. The molecule has 0 saturated carbocycles. The Morgan fingerprint density at radius 1 is 0.621 bits per heavy atom. The van der Waals surface area contributed by atoms with Crippen LogP contribution in [-0.4, -0.2) is 0 Å². The number of nitrogens with zero attached hydrogens (tertiary/aromatic N) is 1. The van der Waals surface area contributed by atoms with Crippen LogP contribution in [-0.2, 0) is 5.41 Å². The van der Waals surface area contributed by atoms with Gasteiger partial charge >= 0.3 is 0 Å². The van der Waals surface area contributed by atoms with Crippen LogP contribution in [0.3, 0.4) is 0 Å². The molecule has 0 bridgehead atoms. The smallest absolute Gasteiger partial charge is 0.0502 e. The first kappa shape index (κ1) is 16.8. The largest absolute Gasteiger partial charge is 0.310 e. The minimum absolute atomic E-state index is 0.0249. The van der Waals surface area contributed by atoms with Gasteiger partial charge in [0, 0.05) is 31.3 Å². The molecule has 4 aromatic carbocycles. The molecule has 29 heavy (non-hydrogen) atoms. The number of rotatable bonds is 1. The van der Waals surface area contributed by atoms with E-state index in [4.69, 9.17) is 0 Å². The lowest BCUT2D eigenvalue weighted by Gasteiger charge is -2.42. The van der Waals surface area contributed by atoms with Gasteiger partial charge in [0.1, 0.15) is 0 Å². The Hall–Kier alpha value is -3.10. The van der Waals surface area contributed by atoms with Crippen molar-refractivity contribution in [3.63, 3.8) is 0 Å². The Bertz CT molecular complexity index is 1340. The van der Waals surface area contributed by atoms with Crippen LogP contribution in [0.1, 0.15) is 25.0 Å². The number of anilines is 3. The van der Waals surface area contributed by atoms with E-state index >= 15 is 0 Å². The maximum atomic E-state index is 2.43. The minimum atomic E-state index is -0.0249. The second-order valence-corrected chi connectivity index (χ2v) is 9.36. The van der Waals surface area contributed by atoms with Gasteiger partial charge in [-0.1, -0.05) is 68.4 Å². The Kier molecular flexibility index (Phi) is 3.45. The average Bonchev–Trinajstić information content (AvgIpc) is 3.12. The van der Waals surface area contributed by atoms with Crippen molar-refractivity contribution in [2.75, 3.05) is 4.90 Å². The van der Waals surface area contributed by atoms with Crippen LogP contribution in [0.25, 0.3) is 20.2 Å². The molecule has 1 aliphatic heterocycles. The zero-order valence-corrected chi connectivity index (χ0v) is 17.3. The van der Waals surface area contributed by atoms with E-state index in [1.165, 1.54) is 48.4 Å². The molecule has 2 heteroatoms. The molecular weight excluding hydrogens is 370 g/mol. The molecule has 5 aromatic rings. The lowest BCUT2D eigenvalue weighted by Crippen LogP contribution is -2.30. The fourth-order valence-electron chi connectivity index (χ4n) is 4.80. The van der Waals surface area contributed by atoms with Crippen molar-refractivity contribution in [1.29, 1.82) is 0 Å². The van der Waals surface area contributed by atoms with Crippen LogP contribution in [0.4, 0.5) is 17.1 Å². The van der Waals surface area contributed by atoms with Gasteiger partial charge in [0.05, 0.1) is 11.4 Å². The molecule has 1 nitrogen and oxygen atoms in total. The van der Waals surface area contributed by atoms with Crippen LogP contribution in [0.2, 0.25) is 0 Å². The first-order valence-corrected chi connectivity index (χ1v) is 10.9. The van der Waals surface area contributed by atoms with Crippen LogP contribution in [0.15, 0.2) is 91.0 Å². The van der Waals surface area contributed by atoms with Gasteiger partial charge < -0.3 is 4.90 Å². The van der Waals surface area contributed by atoms with Crippen LogP contribution in [0, 0.1) is 0 Å². The molecule has 0 radical (unpaired) electrons. The van der Waals surface area contributed by atoms with E-state index in [0.717, 1.165) is 0 Å². The molecule has 6 rings (SSSR count).